The van der Waals surface area contributed by atoms with Crippen LogP contribution in [-0.2, 0) is 11.3 Å². The Morgan fingerprint density at radius 3 is 2.44 bits per heavy atom. The number of benzene rings is 2. The van der Waals surface area contributed by atoms with Crippen LogP contribution in [-0.4, -0.2) is 17.3 Å². The number of carbonyl (C=O) groups is 1. The predicted octanol–water partition coefficient (Wildman–Crippen LogP) is 4.78. The second-order valence-corrected chi connectivity index (χ2v) is 7.48. The van der Waals surface area contributed by atoms with Gasteiger partial charge in [0.15, 0.2) is 0 Å². The van der Waals surface area contributed by atoms with Crippen molar-refractivity contribution in [2.45, 2.75) is 51.1 Å². The van der Waals surface area contributed by atoms with E-state index < -0.39 is 0 Å². The van der Waals surface area contributed by atoms with E-state index in [1.807, 2.05) is 30.3 Å². The standard InChI is InChI=1S/C22H26N4O/c1-16(27)24-18-11-9-17(10-12-18)15-23-21-22(13-5-2-6-14-22)26-20-8-4-3-7-19(20)25-21/h3-4,7-12,26H,2,5-6,13-15H2,1H3,(H,23,25)(H,24,27). The van der Waals surface area contributed by atoms with Crippen LogP contribution in [0.2, 0.25) is 0 Å². The minimum atomic E-state index is -0.0806. The van der Waals surface area contributed by atoms with Crippen molar-refractivity contribution >= 4 is 28.8 Å². The lowest BCUT2D eigenvalue weighted by molar-refractivity contribution is -0.114. The number of amides is 1. The number of amidine groups is 1. The zero-order valence-electron chi connectivity index (χ0n) is 15.7. The Hall–Kier alpha value is -2.82. The lowest BCUT2D eigenvalue weighted by Gasteiger charge is -2.44. The van der Waals surface area contributed by atoms with E-state index in [-0.39, 0.29) is 11.4 Å². The van der Waals surface area contributed by atoms with Crippen molar-refractivity contribution in [3.05, 3.63) is 54.1 Å². The fourth-order valence-corrected chi connectivity index (χ4v) is 4.04. The smallest absolute Gasteiger partial charge is 0.221 e. The number of anilines is 3. The summed E-state index contributed by atoms with van der Waals surface area (Å²) in [5, 5.41) is 10.2. The third-order valence-corrected chi connectivity index (χ3v) is 5.41. The molecule has 1 aliphatic carbocycles. The largest absolute Gasteiger partial charge is 0.371 e. The molecule has 0 saturated heterocycles. The van der Waals surface area contributed by atoms with Crippen molar-refractivity contribution in [3.63, 3.8) is 0 Å². The van der Waals surface area contributed by atoms with Gasteiger partial charge in [0.25, 0.3) is 0 Å². The maximum absolute atomic E-state index is 11.2. The normalized spacial score (nSPS) is 19.1. The molecule has 5 nitrogen and oxygen atoms in total. The van der Waals surface area contributed by atoms with Crippen LogP contribution in [0.25, 0.3) is 0 Å². The molecule has 5 heteroatoms. The van der Waals surface area contributed by atoms with Gasteiger partial charge >= 0.3 is 0 Å². The number of rotatable bonds is 3. The van der Waals surface area contributed by atoms with E-state index in [2.05, 4.69) is 34.1 Å². The molecule has 1 heterocycles. The van der Waals surface area contributed by atoms with E-state index in [1.54, 1.807) is 0 Å². The Bertz CT molecular complexity index is 851. The molecular weight excluding hydrogens is 336 g/mol. The van der Waals surface area contributed by atoms with Crippen molar-refractivity contribution in [1.29, 1.82) is 0 Å². The summed E-state index contributed by atoms with van der Waals surface area (Å²) in [6.45, 7) is 2.14. The van der Waals surface area contributed by atoms with Crippen LogP contribution in [0.5, 0.6) is 0 Å². The van der Waals surface area contributed by atoms with Gasteiger partial charge in [-0.3, -0.25) is 9.79 Å². The summed E-state index contributed by atoms with van der Waals surface area (Å²) < 4.78 is 0. The number of nitrogens with one attached hydrogen (secondary N) is 3. The topological polar surface area (TPSA) is 65.5 Å². The number of hydrogen-bond acceptors (Lipinski definition) is 3. The van der Waals surface area contributed by atoms with Gasteiger partial charge in [0.2, 0.25) is 5.91 Å². The Morgan fingerprint density at radius 1 is 1.04 bits per heavy atom. The van der Waals surface area contributed by atoms with Gasteiger partial charge in [-0.15, -0.1) is 0 Å². The highest BCUT2D eigenvalue weighted by molar-refractivity contribution is 6.09. The zero-order chi connectivity index (χ0) is 18.7. The molecule has 0 unspecified atom stereocenters. The number of hydrogen-bond donors (Lipinski definition) is 3. The van der Waals surface area contributed by atoms with Gasteiger partial charge in [0, 0.05) is 12.6 Å². The molecule has 1 aliphatic heterocycles. The SMILES string of the molecule is CC(=O)Nc1ccc(CN=C2Nc3ccccc3NC23CCCCC3)cc1. The fraction of sp³-hybridized carbons (Fsp3) is 0.364. The van der Waals surface area contributed by atoms with Crippen LogP contribution >= 0.6 is 0 Å². The second-order valence-electron chi connectivity index (χ2n) is 7.48. The molecule has 140 valence electrons. The number of nitrogens with zero attached hydrogens (tertiary/aromatic N) is 1. The van der Waals surface area contributed by atoms with Gasteiger partial charge in [0.05, 0.1) is 23.5 Å². The highest BCUT2D eigenvalue weighted by Crippen LogP contribution is 2.39. The van der Waals surface area contributed by atoms with E-state index >= 15 is 0 Å². The molecule has 0 radical (unpaired) electrons. The summed E-state index contributed by atoms with van der Waals surface area (Å²) in [7, 11) is 0. The van der Waals surface area contributed by atoms with E-state index in [9.17, 15) is 4.79 Å². The Kier molecular flexibility index (Phi) is 4.84. The minimum absolute atomic E-state index is 0.0571. The first kappa shape index (κ1) is 17.6. The molecule has 27 heavy (non-hydrogen) atoms. The third-order valence-electron chi connectivity index (χ3n) is 5.41. The van der Waals surface area contributed by atoms with Crippen LogP contribution in [0.15, 0.2) is 53.5 Å². The van der Waals surface area contributed by atoms with E-state index in [0.717, 1.165) is 41.3 Å². The number of carbonyl (C=O) groups excluding carboxylic acids is 1. The maximum atomic E-state index is 11.2. The van der Waals surface area contributed by atoms with Gasteiger partial charge in [-0.25, -0.2) is 0 Å². The van der Waals surface area contributed by atoms with Gasteiger partial charge in [-0.05, 0) is 42.7 Å². The predicted molar refractivity (Wildman–Crippen MR) is 111 cm³/mol. The first-order valence-electron chi connectivity index (χ1n) is 9.70. The molecule has 1 fully saturated rings. The summed E-state index contributed by atoms with van der Waals surface area (Å²) in [5.41, 5.74) is 4.12. The van der Waals surface area contributed by atoms with Crippen molar-refractivity contribution in [1.82, 2.24) is 0 Å². The van der Waals surface area contributed by atoms with Crippen LogP contribution < -0.4 is 16.0 Å². The average Bonchev–Trinajstić information content (AvgIpc) is 2.68. The Labute approximate surface area is 160 Å². The third kappa shape index (κ3) is 3.82. The van der Waals surface area contributed by atoms with Crippen LogP contribution in [0.1, 0.15) is 44.6 Å². The molecule has 3 N–H and O–H groups in total. The molecule has 2 aromatic carbocycles. The van der Waals surface area contributed by atoms with Gasteiger partial charge in [0.1, 0.15) is 5.84 Å². The van der Waals surface area contributed by atoms with E-state index in [0.29, 0.717) is 6.54 Å². The molecule has 4 rings (SSSR count). The number of para-hydroxylation sites is 2. The molecule has 1 spiro atoms. The average molecular weight is 362 g/mol. The molecule has 0 bridgehead atoms. The molecule has 1 saturated carbocycles. The van der Waals surface area contributed by atoms with Crippen molar-refractivity contribution < 1.29 is 4.79 Å². The van der Waals surface area contributed by atoms with E-state index in [4.69, 9.17) is 4.99 Å². The summed E-state index contributed by atoms with van der Waals surface area (Å²) in [6, 6.07) is 16.2. The van der Waals surface area contributed by atoms with Crippen LogP contribution in [0.3, 0.4) is 0 Å². The molecule has 0 atom stereocenters. The van der Waals surface area contributed by atoms with Gasteiger partial charge < -0.3 is 16.0 Å². The van der Waals surface area contributed by atoms with Crippen LogP contribution in [0.4, 0.5) is 17.1 Å². The Balaban J connectivity index is 1.57. The number of aliphatic imine (C=N–C) groups is 1. The molecule has 2 aliphatic rings. The monoisotopic (exact) mass is 362 g/mol. The molecule has 2 aromatic rings. The maximum Gasteiger partial charge on any atom is 0.221 e. The molecule has 1 amide bonds. The highest BCUT2D eigenvalue weighted by atomic mass is 16.1. The van der Waals surface area contributed by atoms with Gasteiger partial charge in [-0.1, -0.05) is 43.5 Å². The fourth-order valence-electron chi connectivity index (χ4n) is 4.04. The second kappa shape index (κ2) is 7.43. The van der Waals surface area contributed by atoms with Crippen molar-refractivity contribution in [2.24, 2.45) is 4.99 Å². The minimum Gasteiger partial charge on any atom is -0.371 e. The van der Waals surface area contributed by atoms with Crippen LogP contribution in [0, 0.1) is 0 Å². The molecule has 0 aromatic heterocycles. The molecular formula is C22H26N4O. The van der Waals surface area contributed by atoms with E-state index in [1.165, 1.54) is 26.2 Å². The summed E-state index contributed by atoms with van der Waals surface area (Å²) in [6.07, 6.45) is 5.95. The quantitative estimate of drug-likeness (QED) is 0.736. The lowest BCUT2D eigenvalue weighted by Crippen LogP contribution is -2.53. The number of fused-ring (bicyclic) bond motifs is 1. The first-order valence-corrected chi connectivity index (χ1v) is 9.70. The zero-order valence-corrected chi connectivity index (χ0v) is 15.7. The van der Waals surface area contributed by atoms with Crippen molar-refractivity contribution in [2.75, 3.05) is 16.0 Å². The Morgan fingerprint density at radius 2 is 1.74 bits per heavy atom. The van der Waals surface area contributed by atoms with Gasteiger partial charge in [-0.2, -0.15) is 0 Å². The first-order chi connectivity index (χ1) is 13.1. The lowest BCUT2D eigenvalue weighted by atomic mass is 9.79. The summed E-state index contributed by atoms with van der Waals surface area (Å²) in [4.78, 5) is 16.1. The highest BCUT2D eigenvalue weighted by Gasteiger charge is 2.40. The summed E-state index contributed by atoms with van der Waals surface area (Å²) in [5.74, 6) is 0.991. The van der Waals surface area contributed by atoms with Crippen molar-refractivity contribution in [3.8, 4) is 0 Å². The summed E-state index contributed by atoms with van der Waals surface area (Å²) >= 11 is 0.